The van der Waals surface area contributed by atoms with Crippen LogP contribution in [0.2, 0.25) is 0 Å². The van der Waals surface area contributed by atoms with Gasteiger partial charge in [0.05, 0.1) is 6.54 Å². The van der Waals surface area contributed by atoms with Gasteiger partial charge in [-0.05, 0) is 48.5 Å². The summed E-state index contributed by atoms with van der Waals surface area (Å²) in [5.41, 5.74) is 12.0. The molecule has 10 heteroatoms. The highest BCUT2D eigenvalue weighted by Gasteiger charge is 2.06. The monoisotopic (exact) mass is 443 g/mol. The molecule has 0 aromatic heterocycles. The van der Waals surface area contributed by atoms with Gasteiger partial charge in [-0.2, -0.15) is 0 Å². The van der Waals surface area contributed by atoms with Crippen molar-refractivity contribution in [1.29, 1.82) is 0 Å². The standard InChI is InChI=1S/C11H13N3O3.C9H10N2O2.C2H6/c1-7(15)14-9-4-2-8(3-5-9)11(17)13-6-10(12)16;1-6(12)11-8-4-2-7(3-5-8)9(10)13;1-2/h2-5H,6H2,1H3,(H2,12,16)(H,13,17)(H,14,15);2-5H,1H3,(H2,10,13)(H,11,12);1-2H3. The zero-order valence-electron chi connectivity index (χ0n) is 18.5. The van der Waals surface area contributed by atoms with E-state index >= 15 is 0 Å². The van der Waals surface area contributed by atoms with Crippen molar-refractivity contribution < 1.29 is 24.0 Å². The van der Waals surface area contributed by atoms with Gasteiger partial charge in [0.1, 0.15) is 0 Å². The van der Waals surface area contributed by atoms with Crippen molar-refractivity contribution >= 4 is 40.9 Å². The number of benzene rings is 2. The highest BCUT2D eigenvalue weighted by molar-refractivity contribution is 5.97. The van der Waals surface area contributed by atoms with Crippen molar-refractivity contribution in [2.75, 3.05) is 17.2 Å². The van der Waals surface area contributed by atoms with Crippen LogP contribution in [0.25, 0.3) is 0 Å². The summed E-state index contributed by atoms with van der Waals surface area (Å²) in [4.78, 5) is 54.0. The Balaban J connectivity index is 0.000000574. The molecule has 5 amide bonds. The maximum Gasteiger partial charge on any atom is 0.251 e. The molecule has 0 radical (unpaired) electrons. The third kappa shape index (κ3) is 11.7. The third-order valence-electron chi connectivity index (χ3n) is 3.38. The first kappa shape index (κ1) is 27.8. The molecule has 172 valence electrons. The number of rotatable bonds is 6. The van der Waals surface area contributed by atoms with Crippen molar-refractivity contribution in [3.05, 3.63) is 59.7 Å². The molecular weight excluding hydrogens is 414 g/mol. The lowest BCUT2D eigenvalue weighted by atomic mass is 10.2. The lowest BCUT2D eigenvalue weighted by molar-refractivity contribution is -0.117. The maximum atomic E-state index is 11.5. The number of anilines is 2. The van der Waals surface area contributed by atoms with Crippen molar-refractivity contribution in [2.45, 2.75) is 27.7 Å². The van der Waals surface area contributed by atoms with Gasteiger partial charge in [-0.25, -0.2) is 0 Å². The lowest BCUT2D eigenvalue weighted by Gasteiger charge is -2.05. The first-order valence-electron chi connectivity index (χ1n) is 9.70. The topological polar surface area (TPSA) is 173 Å². The molecule has 2 aromatic rings. The summed E-state index contributed by atoms with van der Waals surface area (Å²) < 4.78 is 0. The number of hydrogen-bond donors (Lipinski definition) is 5. The minimum Gasteiger partial charge on any atom is -0.368 e. The van der Waals surface area contributed by atoms with E-state index in [1.165, 1.54) is 13.8 Å². The fraction of sp³-hybridized carbons (Fsp3) is 0.227. The molecule has 0 atom stereocenters. The maximum absolute atomic E-state index is 11.5. The first-order valence-corrected chi connectivity index (χ1v) is 9.70. The third-order valence-corrected chi connectivity index (χ3v) is 3.38. The Bertz CT molecular complexity index is 925. The minimum absolute atomic E-state index is 0.146. The highest BCUT2D eigenvalue weighted by Crippen LogP contribution is 2.09. The summed E-state index contributed by atoms with van der Waals surface area (Å²) >= 11 is 0. The van der Waals surface area contributed by atoms with E-state index in [1.807, 2.05) is 13.8 Å². The van der Waals surface area contributed by atoms with E-state index in [0.717, 1.165) is 0 Å². The Morgan fingerprint density at radius 1 is 0.688 bits per heavy atom. The summed E-state index contributed by atoms with van der Waals surface area (Å²) in [6, 6.07) is 12.7. The van der Waals surface area contributed by atoms with Crippen LogP contribution in [0.5, 0.6) is 0 Å². The predicted molar refractivity (Wildman–Crippen MR) is 123 cm³/mol. The van der Waals surface area contributed by atoms with Crippen LogP contribution in [-0.2, 0) is 14.4 Å². The molecule has 0 fully saturated rings. The number of nitrogens with two attached hydrogens (primary N) is 2. The number of amides is 5. The molecule has 0 saturated heterocycles. The Morgan fingerprint density at radius 3 is 1.38 bits per heavy atom. The second-order valence-corrected chi connectivity index (χ2v) is 6.03. The predicted octanol–water partition coefficient (Wildman–Crippen LogP) is 1.63. The van der Waals surface area contributed by atoms with E-state index in [-0.39, 0.29) is 18.4 Å². The molecule has 0 aliphatic heterocycles. The smallest absolute Gasteiger partial charge is 0.251 e. The van der Waals surface area contributed by atoms with E-state index in [4.69, 9.17) is 11.5 Å². The van der Waals surface area contributed by atoms with Gasteiger partial charge in [-0.3, -0.25) is 24.0 Å². The molecule has 2 aromatic carbocycles. The summed E-state index contributed by atoms with van der Waals surface area (Å²) in [5.74, 6) is -1.80. The Hall–Kier alpha value is -4.21. The van der Waals surface area contributed by atoms with Crippen LogP contribution >= 0.6 is 0 Å². The van der Waals surface area contributed by atoms with Crippen LogP contribution in [0.4, 0.5) is 11.4 Å². The summed E-state index contributed by atoms with van der Waals surface area (Å²) in [6.45, 7) is 6.61. The molecule has 0 spiro atoms. The molecule has 0 aliphatic carbocycles. The lowest BCUT2D eigenvalue weighted by Crippen LogP contribution is -2.33. The Labute approximate surface area is 186 Å². The minimum atomic E-state index is -0.604. The summed E-state index contributed by atoms with van der Waals surface area (Å²) in [5, 5.41) is 7.51. The number of primary amides is 2. The van der Waals surface area contributed by atoms with E-state index < -0.39 is 17.7 Å². The van der Waals surface area contributed by atoms with Crippen LogP contribution in [0.3, 0.4) is 0 Å². The molecule has 32 heavy (non-hydrogen) atoms. The van der Waals surface area contributed by atoms with Gasteiger partial charge in [0.25, 0.3) is 5.91 Å². The fourth-order valence-electron chi connectivity index (χ4n) is 2.10. The van der Waals surface area contributed by atoms with Gasteiger partial charge >= 0.3 is 0 Å². The van der Waals surface area contributed by atoms with Crippen LogP contribution < -0.4 is 27.4 Å². The molecule has 7 N–H and O–H groups in total. The number of nitrogens with one attached hydrogen (secondary N) is 3. The fourth-order valence-corrected chi connectivity index (χ4v) is 2.10. The highest BCUT2D eigenvalue weighted by atomic mass is 16.2. The quantitative estimate of drug-likeness (QED) is 0.455. The first-order chi connectivity index (χ1) is 15.1. The average molecular weight is 444 g/mol. The molecule has 0 saturated carbocycles. The van der Waals surface area contributed by atoms with Crippen molar-refractivity contribution in [3.8, 4) is 0 Å². The molecule has 2 rings (SSSR count). The molecule has 0 heterocycles. The molecule has 0 bridgehead atoms. The van der Waals surface area contributed by atoms with E-state index in [1.54, 1.807) is 48.5 Å². The van der Waals surface area contributed by atoms with Crippen molar-refractivity contribution in [3.63, 3.8) is 0 Å². The Morgan fingerprint density at radius 2 is 1.06 bits per heavy atom. The molecule has 0 aliphatic rings. The van der Waals surface area contributed by atoms with E-state index in [9.17, 15) is 24.0 Å². The molecular formula is C22H29N5O5. The summed E-state index contributed by atoms with van der Waals surface area (Å²) in [7, 11) is 0. The van der Waals surface area contributed by atoms with Gasteiger partial charge in [-0.1, -0.05) is 13.8 Å². The van der Waals surface area contributed by atoms with E-state index in [2.05, 4.69) is 16.0 Å². The number of carbonyl (C=O) groups excluding carboxylic acids is 5. The van der Waals surface area contributed by atoms with Crippen LogP contribution in [-0.4, -0.2) is 36.1 Å². The van der Waals surface area contributed by atoms with Gasteiger partial charge in [0.2, 0.25) is 23.6 Å². The van der Waals surface area contributed by atoms with Crippen LogP contribution in [0, 0.1) is 0 Å². The van der Waals surface area contributed by atoms with Gasteiger partial charge in [-0.15, -0.1) is 0 Å². The van der Waals surface area contributed by atoms with Crippen molar-refractivity contribution in [2.24, 2.45) is 11.5 Å². The second kappa shape index (κ2) is 14.7. The van der Waals surface area contributed by atoms with Crippen LogP contribution in [0.1, 0.15) is 48.4 Å². The average Bonchev–Trinajstić information content (AvgIpc) is 2.74. The molecule has 10 nitrogen and oxygen atoms in total. The van der Waals surface area contributed by atoms with Crippen molar-refractivity contribution in [1.82, 2.24) is 5.32 Å². The normalized spacial score (nSPS) is 9.00. The second-order valence-electron chi connectivity index (χ2n) is 6.03. The number of hydrogen-bond acceptors (Lipinski definition) is 5. The molecule has 0 unspecified atom stereocenters. The Kier molecular flexibility index (Phi) is 12.8. The summed E-state index contributed by atoms with van der Waals surface area (Å²) in [6.07, 6.45) is 0. The van der Waals surface area contributed by atoms with E-state index in [0.29, 0.717) is 22.5 Å². The zero-order chi connectivity index (χ0) is 24.7. The van der Waals surface area contributed by atoms with Gasteiger partial charge < -0.3 is 27.4 Å². The largest absolute Gasteiger partial charge is 0.368 e. The van der Waals surface area contributed by atoms with Crippen LogP contribution in [0.15, 0.2) is 48.5 Å². The number of carbonyl (C=O) groups is 5. The van der Waals surface area contributed by atoms with Gasteiger partial charge in [0, 0.05) is 36.3 Å². The SMILES string of the molecule is CC.CC(=O)Nc1ccc(C(=O)NCC(N)=O)cc1.CC(=O)Nc1ccc(C(N)=O)cc1. The zero-order valence-corrected chi connectivity index (χ0v) is 18.5. The van der Waals surface area contributed by atoms with Gasteiger partial charge in [0.15, 0.2) is 0 Å².